The molecule has 168 valence electrons. The Balaban J connectivity index is 1.24. The van der Waals surface area contributed by atoms with Gasteiger partial charge in [0.25, 0.3) is 5.56 Å². The van der Waals surface area contributed by atoms with Crippen LogP contribution in [0.2, 0.25) is 0 Å². The van der Waals surface area contributed by atoms with Gasteiger partial charge in [-0.05, 0) is 30.0 Å². The van der Waals surface area contributed by atoms with Crippen LogP contribution in [0.3, 0.4) is 0 Å². The number of hydrogen-bond donors (Lipinski definition) is 0. The van der Waals surface area contributed by atoms with Crippen LogP contribution in [0.4, 0.5) is 13.2 Å². The summed E-state index contributed by atoms with van der Waals surface area (Å²) in [5, 5.41) is 4.09. The molecule has 1 aromatic carbocycles. The molecule has 6 rings (SSSR count). The van der Waals surface area contributed by atoms with E-state index in [2.05, 4.69) is 20.1 Å². The van der Waals surface area contributed by atoms with Gasteiger partial charge in [0, 0.05) is 23.9 Å². The monoisotopic (exact) mass is 454 g/mol. The fraction of sp³-hybridized carbons (Fsp3) is 0.318. The van der Waals surface area contributed by atoms with Crippen molar-refractivity contribution in [3.63, 3.8) is 0 Å². The molecule has 1 fully saturated rings. The van der Waals surface area contributed by atoms with E-state index in [1.165, 1.54) is 23.3 Å². The van der Waals surface area contributed by atoms with E-state index in [-0.39, 0.29) is 40.8 Å². The van der Waals surface area contributed by atoms with Gasteiger partial charge in [0.05, 0.1) is 6.33 Å². The van der Waals surface area contributed by atoms with Crippen LogP contribution < -0.4 is 5.56 Å². The number of aryl methyl sites for hydroxylation is 1. The van der Waals surface area contributed by atoms with E-state index >= 15 is 0 Å². The van der Waals surface area contributed by atoms with E-state index in [1.807, 2.05) is 13.0 Å². The van der Waals surface area contributed by atoms with Crippen molar-refractivity contribution >= 4 is 16.7 Å². The van der Waals surface area contributed by atoms with Crippen molar-refractivity contribution in [2.45, 2.75) is 25.8 Å². The van der Waals surface area contributed by atoms with Crippen molar-refractivity contribution in [2.24, 2.45) is 18.4 Å². The summed E-state index contributed by atoms with van der Waals surface area (Å²) < 4.78 is 49.5. The zero-order valence-corrected chi connectivity index (χ0v) is 17.6. The molecule has 0 bridgehead atoms. The Morgan fingerprint density at radius 2 is 1.97 bits per heavy atom. The Labute approximate surface area is 184 Å². The molecule has 0 saturated heterocycles. The van der Waals surface area contributed by atoms with E-state index < -0.39 is 17.5 Å². The van der Waals surface area contributed by atoms with Crippen molar-refractivity contribution in [1.29, 1.82) is 0 Å². The number of hydrogen-bond acceptors (Lipinski definition) is 6. The zero-order valence-electron chi connectivity index (χ0n) is 17.6. The molecule has 3 aromatic heterocycles. The molecule has 11 heteroatoms. The van der Waals surface area contributed by atoms with Crippen molar-refractivity contribution in [3.05, 3.63) is 75.9 Å². The molecule has 3 heterocycles. The summed E-state index contributed by atoms with van der Waals surface area (Å²) in [5.41, 5.74) is 0.858. The quantitative estimate of drug-likeness (QED) is 0.440. The number of allylic oxidation sites excluding steroid dienone is 2. The summed E-state index contributed by atoms with van der Waals surface area (Å²) in [5.74, 6) is -3.02. The largest absolute Gasteiger partial charge is 0.337 e. The Kier molecular flexibility index (Phi) is 3.99. The highest BCUT2D eigenvalue weighted by atomic mass is 19.2. The van der Waals surface area contributed by atoms with Gasteiger partial charge in [-0.15, -0.1) is 0 Å². The maximum atomic E-state index is 14.2. The third-order valence-electron chi connectivity index (χ3n) is 6.84. The Morgan fingerprint density at radius 1 is 1.18 bits per heavy atom. The first kappa shape index (κ1) is 19.9. The molecule has 4 aromatic rings. The molecule has 0 spiro atoms. The summed E-state index contributed by atoms with van der Waals surface area (Å²) in [4.78, 5) is 25.4. The van der Waals surface area contributed by atoms with Gasteiger partial charge in [-0.1, -0.05) is 18.2 Å². The summed E-state index contributed by atoms with van der Waals surface area (Å²) in [7, 11) is 1.72. The molecule has 1 saturated carbocycles. The van der Waals surface area contributed by atoms with E-state index in [0.29, 0.717) is 29.0 Å². The molecule has 3 atom stereocenters. The summed E-state index contributed by atoms with van der Waals surface area (Å²) in [6.45, 7) is 2.06. The molecule has 8 nitrogen and oxygen atoms in total. The number of fused-ring (bicyclic) bond motifs is 2. The molecule has 2 aliphatic carbocycles. The smallest absolute Gasteiger partial charge is 0.280 e. The van der Waals surface area contributed by atoms with Gasteiger partial charge < -0.3 is 9.09 Å². The minimum atomic E-state index is -1.47. The number of imidazole rings is 1. The van der Waals surface area contributed by atoms with Crippen LogP contribution in [-0.2, 0) is 13.6 Å². The first-order chi connectivity index (χ1) is 15.8. The number of benzene rings is 1. The molecule has 2 aliphatic rings. The second-order valence-electron chi connectivity index (χ2n) is 8.80. The lowest BCUT2D eigenvalue weighted by molar-refractivity contribution is 0.363. The van der Waals surface area contributed by atoms with Crippen molar-refractivity contribution in [1.82, 2.24) is 29.2 Å². The molecule has 2 unspecified atom stereocenters. The Morgan fingerprint density at radius 3 is 2.73 bits per heavy atom. The lowest BCUT2D eigenvalue weighted by atomic mass is 9.98. The van der Waals surface area contributed by atoms with Crippen LogP contribution in [0.5, 0.6) is 0 Å². The zero-order chi connectivity index (χ0) is 23.1. The molecule has 0 radical (unpaired) electrons. The highest BCUT2D eigenvalue weighted by molar-refractivity contribution is 5.72. The predicted molar refractivity (Wildman–Crippen MR) is 109 cm³/mol. The minimum absolute atomic E-state index is 0.0403. The minimum Gasteiger partial charge on any atom is -0.337 e. The second kappa shape index (κ2) is 6.63. The molecular formula is C22H17F3N6O2. The van der Waals surface area contributed by atoms with E-state index in [0.717, 1.165) is 6.07 Å². The molecular weight excluding hydrogens is 437 g/mol. The number of halogens is 3. The van der Waals surface area contributed by atoms with E-state index in [1.54, 1.807) is 11.6 Å². The lowest BCUT2D eigenvalue weighted by Crippen LogP contribution is -2.22. The van der Waals surface area contributed by atoms with Crippen LogP contribution in [0, 0.1) is 28.8 Å². The Bertz CT molecular complexity index is 1540. The average Bonchev–Trinajstić information content (AvgIpc) is 3.22. The maximum Gasteiger partial charge on any atom is 0.280 e. The third kappa shape index (κ3) is 2.81. The van der Waals surface area contributed by atoms with Crippen molar-refractivity contribution in [3.8, 4) is 0 Å². The maximum absolute atomic E-state index is 14.2. The fourth-order valence-corrected chi connectivity index (χ4v) is 5.04. The summed E-state index contributed by atoms with van der Waals surface area (Å²) in [6.07, 6.45) is 5.29. The standard InChI is InChI=1S/C22H17F3N6O2/c1-22-6-10(11-3-4-13(23)17(25)16(11)24)5-12(22)15(22)19-28-14(33-29-19)7-31-9-27-20-18(21(31)32)30(2)8-26-20/h3-4,6,8-9,12,15H,5,7H2,1-2H3/t12-,15?,22?/m0/s1. The first-order valence-corrected chi connectivity index (χ1v) is 10.3. The highest BCUT2D eigenvalue weighted by Gasteiger charge is 2.65. The third-order valence-corrected chi connectivity index (χ3v) is 6.84. The van der Waals surface area contributed by atoms with Gasteiger partial charge >= 0.3 is 0 Å². The SMILES string of the molecule is Cn1cnc2ncn(Cc3nc(C4[C@@H]5CC(c6ccc(F)c(F)c6F)=CC45C)no3)c(=O)c21. The van der Waals surface area contributed by atoms with Crippen LogP contribution in [0.15, 0.2) is 40.2 Å². The van der Waals surface area contributed by atoms with Crippen LogP contribution >= 0.6 is 0 Å². The summed E-state index contributed by atoms with van der Waals surface area (Å²) >= 11 is 0. The van der Waals surface area contributed by atoms with Gasteiger partial charge in [0.15, 0.2) is 34.4 Å². The summed E-state index contributed by atoms with van der Waals surface area (Å²) in [6, 6.07) is 2.20. The molecule has 33 heavy (non-hydrogen) atoms. The van der Waals surface area contributed by atoms with Gasteiger partial charge in [-0.2, -0.15) is 4.98 Å². The van der Waals surface area contributed by atoms with E-state index in [9.17, 15) is 18.0 Å². The highest BCUT2D eigenvalue weighted by Crippen LogP contribution is 2.72. The van der Waals surface area contributed by atoms with Crippen LogP contribution in [-0.4, -0.2) is 29.2 Å². The van der Waals surface area contributed by atoms with Crippen LogP contribution in [0.25, 0.3) is 16.7 Å². The van der Waals surface area contributed by atoms with Gasteiger partial charge in [-0.3, -0.25) is 9.36 Å². The fourth-order valence-electron chi connectivity index (χ4n) is 5.04. The van der Waals surface area contributed by atoms with Gasteiger partial charge in [-0.25, -0.2) is 23.1 Å². The van der Waals surface area contributed by atoms with Crippen LogP contribution in [0.1, 0.15) is 36.5 Å². The van der Waals surface area contributed by atoms with E-state index in [4.69, 9.17) is 4.52 Å². The van der Waals surface area contributed by atoms with Gasteiger partial charge in [0.2, 0.25) is 5.89 Å². The van der Waals surface area contributed by atoms with Gasteiger partial charge in [0.1, 0.15) is 12.9 Å². The molecule has 0 aliphatic heterocycles. The Hall–Kier alpha value is -3.76. The number of nitrogens with zero attached hydrogens (tertiary/aromatic N) is 6. The average molecular weight is 454 g/mol. The topological polar surface area (TPSA) is 91.6 Å². The number of rotatable bonds is 4. The predicted octanol–water partition coefficient (Wildman–Crippen LogP) is 3.19. The molecule has 0 amide bonds. The van der Waals surface area contributed by atoms with Crippen molar-refractivity contribution in [2.75, 3.05) is 0 Å². The normalized spacial score (nSPS) is 23.7. The number of aromatic nitrogens is 6. The van der Waals surface area contributed by atoms with Crippen molar-refractivity contribution < 1.29 is 17.7 Å². The lowest BCUT2D eigenvalue weighted by Gasteiger charge is -2.09. The first-order valence-electron chi connectivity index (χ1n) is 10.3. The molecule has 0 N–H and O–H groups in total. The second-order valence-corrected chi connectivity index (χ2v) is 8.80.